The van der Waals surface area contributed by atoms with E-state index >= 15 is 0 Å². The smallest absolute Gasteiger partial charge is 0.246 e. The minimum Gasteiger partial charge on any atom is -0.334 e. The van der Waals surface area contributed by atoms with Crippen LogP contribution in [0.3, 0.4) is 0 Å². The highest BCUT2D eigenvalue weighted by Gasteiger charge is 2.17. The van der Waals surface area contributed by atoms with Gasteiger partial charge in [-0.1, -0.05) is 55.0 Å². The number of likely N-dealkylation sites (N-methyl/N-ethyl adjacent to an activating group) is 1. The van der Waals surface area contributed by atoms with Crippen LogP contribution in [0.4, 0.5) is 5.95 Å². The van der Waals surface area contributed by atoms with Gasteiger partial charge < -0.3 is 4.90 Å². The van der Waals surface area contributed by atoms with E-state index in [-0.39, 0.29) is 18.4 Å². The lowest BCUT2D eigenvalue weighted by Crippen LogP contribution is -2.37. The topological polar surface area (TPSA) is 67.2 Å². The molecule has 3 rings (SSSR count). The van der Waals surface area contributed by atoms with E-state index in [4.69, 9.17) is 0 Å². The third kappa shape index (κ3) is 4.90. The van der Waals surface area contributed by atoms with Crippen LogP contribution in [0.2, 0.25) is 0 Å². The van der Waals surface area contributed by atoms with Gasteiger partial charge in [0.05, 0.1) is 12.2 Å². The number of benzene rings is 2. The third-order valence-electron chi connectivity index (χ3n) is 4.71. The van der Waals surface area contributed by atoms with Crippen LogP contribution in [0, 0.1) is 6.92 Å². The molecule has 6 nitrogen and oxygen atoms in total. The van der Waals surface area contributed by atoms with Crippen molar-refractivity contribution in [1.29, 1.82) is 0 Å². The highest BCUT2D eigenvalue weighted by Crippen LogP contribution is 2.24. The molecule has 29 heavy (non-hydrogen) atoms. The third-order valence-corrected chi connectivity index (χ3v) is 4.71. The number of imidazole rings is 1. The average molecular weight is 390 g/mol. The van der Waals surface area contributed by atoms with E-state index in [2.05, 4.69) is 10.3 Å². The van der Waals surface area contributed by atoms with Gasteiger partial charge in [0.2, 0.25) is 17.8 Å². The SMILES string of the molecule is CCC(=O)N(CC)CC(=O)Nc1nc(-c2ccccc2)cn1-c1ccc(C)cc1. The first kappa shape index (κ1) is 20.3. The molecular weight excluding hydrogens is 364 g/mol. The van der Waals surface area contributed by atoms with Crippen LogP contribution >= 0.6 is 0 Å². The van der Waals surface area contributed by atoms with E-state index in [9.17, 15) is 9.59 Å². The number of hydrogen-bond acceptors (Lipinski definition) is 3. The molecule has 0 radical (unpaired) electrons. The summed E-state index contributed by atoms with van der Waals surface area (Å²) in [5.74, 6) is 0.111. The molecular formula is C23H26N4O2. The Kier molecular flexibility index (Phi) is 6.44. The molecule has 0 atom stereocenters. The molecule has 0 bridgehead atoms. The molecule has 1 aromatic heterocycles. The van der Waals surface area contributed by atoms with Crippen molar-refractivity contribution in [2.24, 2.45) is 0 Å². The van der Waals surface area contributed by atoms with Crippen LogP contribution in [0.1, 0.15) is 25.8 Å². The summed E-state index contributed by atoms with van der Waals surface area (Å²) >= 11 is 0. The Morgan fingerprint density at radius 3 is 2.34 bits per heavy atom. The van der Waals surface area contributed by atoms with Gasteiger partial charge >= 0.3 is 0 Å². The quantitative estimate of drug-likeness (QED) is 0.662. The molecule has 0 aliphatic heterocycles. The van der Waals surface area contributed by atoms with E-state index in [0.717, 1.165) is 22.5 Å². The van der Waals surface area contributed by atoms with E-state index in [1.807, 2.05) is 79.2 Å². The van der Waals surface area contributed by atoms with Crippen molar-refractivity contribution >= 4 is 17.8 Å². The lowest BCUT2D eigenvalue weighted by molar-refractivity contribution is -0.134. The molecule has 0 saturated carbocycles. The van der Waals surface area contributed by atoms with Crippen molar-refractivity contribution < 1.29 is 9.59 Å². The predicted molar refractivity (Wildman–Crippen MR) is 115 cm³/mol. The number of nitrogens with one attached hydrogen (secondary N) is 1. The maximum Gasteiger partial charge on any atom is 0.246 e. The number of aryl methyl sites for hydroxylation is 1. The molecule has 1 heterocycles. The van der Waals surface area contributed by atoms with Crippen LogP contribution in [0.25, 0.3) is 16.9 Å². The summed E-state index contributed by atoms with van der Waals surface area (Å²) in [6, 6.07) is 17.8. The molecule has 0 unspecified atom stereocenters. The fourth-order valence-electron chi connectivity index (χ4n) is 3.06. The summed E-state index contributed by atoms with van der Waals surface area (Å²) in [6.45, 7) is 6.17. The largest absolute Gasteiger partial charge is 0.334 e. The average Bonchev–Trinajstić information content (AvgIpc) is 3.16. The molecule has 0 spiro atoms. The molecule has 0 aliphatic carbocycles. The first-order valence-electron chi connectivity index (χ1n) is 9.81. The molecule has 0 fully saturated rings. The summed E-state index contributed by atoms with van der Waals surface area (Å²) in [7, 11) is 0. The second-order valence-corrected chi connectivity index (χ2v) is 6.83. The first-order chi connectivity index (χ1) is 14.0. The maximum atomic E-state index is 12.6. The molecule has 150 valence electrons. The van der Waals surface area contributed by atoms with Crippen LogP contribution in [-0.2, 0) is 9.59 Å². The van der Waals surface area contributed by atoms with E-state index in [1.54, 1.807) is 6.92 Å². The normalized spacial score (nSPS) is 10.6. The van der Waals surface area contributed by atoms with Gasteiger partial charge in [-0.2, -0.15) is 0 Å². The fourth-order valence-corrected chi connectivity index (χ4v) is 3.06. The zero-order chi connectivity index (χ0) is 20.8. The van der Waals surface area contributed by atoms with Crippen molar-refractivity contribution in [3.05, 3.63) is 66.4 Å². The fraction of sp³-hybridized carbons (Fsp3) is 0.261. The number of rotatable bonds is 7. The van der Waals surface area contributed by atoms with Crippen molar-refractivity contribution in [3.63, 3.8) is 0 Å². The molecule has 2 amide bonds. The lowest BCUT2D eigenvalue weighted by atomic mass is 10.2. The maximum absolute atomic E-state index is 12.6. The Labute approximate surface area is 171 Å². The molecule has 1 N–H and O–H groups in total. The Hall–Kier alpha value is -3.41. The van der Waals surface area contributed by atoms with Gasteiger partial charge in [0.1, 0.15) is 0 Å². The minimum atomic E-state index is -0.271. The van der Waals surface area contributed by atoms with Crippen molar-refractivity contribution in [2.75, 3.05) is 18.4 Å². The number of carbonyl (C=O) groups excluding carboxylic acids is 2. The van der Waals surface area contributed by atoms with Gasteiger partial charge in [-0.25, -0.2) is 4.98 Å². The molecule has 2 aromatic carbocycles. The highest BCUT2D eigenvalue weighted by molar-refractivity contribution is 5.93. The minimum absolute atomic E-state index is 0.00456. The van der Waals surface area contributed by atoms with E-state index in [1.165, 1.54) is 4.90 Å². The Morgan fingerprint density at radius 1 is 1.03 bits per heavy atom. The standard InChI is InChI=1S/C23H26N4O2/c1-4-22(29)26(5-2)16-21(28)25-23-24-20(18-9-7-6-8-10-18)15-27(23)19-13-11-17(3)12-14-19/h6-15H,4-5,16H2,1-3H3,(H,24,25,28). The van der Waals surface area contributed by atoms with Crippen molar-refractivity contribution in [1.82, 2.24) is 14.5 Å². The Bertz CT molecular complexity index is 978. The number of hydrogen-bond donors (Lipinski definition) is 1. The molecule has 3 aromatic rings. The Balaban J connectivity index is 1.91. The first-order valence-corrected chi connectivity index (χ1v) is 9.81. The summed E-state index contributed by atoms with van der Waals surface area (Å²) in [5, 5.41) is 2.88. The zero-order valence-electron chi connectivity index (χ0n) is 17.1. The summed E-state index contributed by atoms with van der Waals surface area (Å²) in [4.78, 5) is 30.8. The van der Waals surface area contributed by atoms with Gasteiger partial charge in [0, 0.05) is 30.4 Å². The second kappa shape index (κ2) is 9.19. The van der Waals surface area contributed by atoms with Crippen molar-refractivity contribution in [2.45, 2.75) is 27.2 Å². The lowest BCUT2D eigenvalue weighted by Gasteiger charge is -2.19. The molecule has 0 aliphatic rings. The van der Waals surface area contributed by atoms with Gasteiger partial charge in [-0.05, 0) is 26.0 Å². The van der Waals surface area contributed by atoms with Crippen LogP contribution < -0.4 is 5.32 Å². The number of anilines is 1. The highest BCUT2D eigenvalue weighted by atomic mass is 16.2. The monoisotopic (exact) mass is 390 g/mol. The van der Waals surface area contributed by atoms with Gasteiger partial charge in [0.25, 0.3) is 0 Å². The zero-order valence-corrected chi connectivity index (χ0v) is 17.1. The van der Waals surface area contributed by atoms with Crippen LogP contribution in [0.5, 0.6) is 0 Å². The summed E-state index contributed by atoms with van der Waals surface area (Å²) in [5.41, 5.74) is 3.78. The van der Waals surface area contributed by atoms with Crippen LogP contribution in [-0.4, -0.2) is 39.4 Å². The van der Waals surface area contributed by atoms with E-state index < -0.39 is 0 Å². The van der Waals surface area contributed by atoms with E-state index in [0.29, 0.717) is 18.9 Å². The second-order valence-electron chi connectivity index (χ2n) is 6.83. The number of nitrogens with zero attached hydrogens (tertiary/aromatic N) is 3. The van der Waals surface area contributed by atoms with Gasteiger partial charge in [-0.15, -0.1) is 0 Å². The summed E-state index contributed by atoms with van der Waals surface area (Å²) < 4.78 is 1.86. The van der Waals surface area contributed by atoms with Crippen molar-refractivity contribution in [3.8, 4) is 16.9 Å². The number of aromatic nitrogens is 2. The number of carbonyl (C=O) groups is 2. The molecule has 6 heteroatoms. The molecule has 0 saturated heterocycles. The number of amides is 2. The van der Waals surface area contributed by atoms with Gasteiger partial charge in [0.15, 0.2) is 0 Å². The predicted octanol–water partition coefficient (Wildman–Crippen LogP) is 4.04. The summed E-state index contributed by atoms with van der Waals surface area (Å²) in [6.07, 6.45) is 2.28. The van der Waals surface area contributed by atoms with Crippen LogP contribution in [0.15, 0.2) is 60.8 Å². The Morgan fingerprint density at radius 2 is 1.72 bits per heavy atom. The van der Waals surface area contributed by atoms with Gasteiger partial charge in [-0.3, -0.25) is 19.5 Å².